The number of nitrogens with zero attached hydrogens (tertiary/aromatic N) is 1. The van der Waals surface area contributed by atoms with Crippen molar-refractivity contribution in [3.05, 3.63) is 23.3 Å². The Morgan fingerprint density at radius 2 is 2.19 bits per heavy atom. The molecule has 21 heavy (non-hydrogen) atoms. The molecule has 2 aliphatic carbocycles. The van der Waals surface area contributed by atoms with Gasteiger partial charge in [0.15, 0.2) is 0 Å². The summed E-state index contributed by atoms with van der Waals surface area (Å²) in [6.45, 7) is 6.22. The normalized spacial score (nSPS) is 31.7. The smallest absolute Gasteiger partial charge is 0.234 e. The molecule has 5 nitrogen and oxygen atoms in total. The second-order valence-electron chi connectivity index (χ2n) is 6.85. The van der Waals surface area contributed by atoms with Crippen molar-refractivity contribution in [2.75, 3.05) is 6.61 Å². The summed E-state index contributed by atoms with van der Waals surface area (Å²) in [6.07, 6.45) is 5.09. The van der Waals surface area contributed by atoms with E-state index in [1.165, 1.54) is 0 Å². The molecule has 0 aromatic rings. The lowest BCUT2D eigenvalue weighted by Crippen LogP contribution is -2.48. The monoisotopic (exact) mass is 290 g/mol. The molecule has 0 aromatic carbocycles. The minimum Gasteiger partial charge on any atom is -0.388 e. The van der Waals surface area contributed by atoms with Gasteiger partial charge in [0, 0.05) is 0 Å². The highest BCUT2D eigenvalue weighted by atomic mass is 16.5. The minimum absolute atomic E-state index is 0.0654. The summed E-state index contributed by atoms with van der Waals surface area (Å²) in [5.74, 6) is 0.211. The average Bonchev–Trinajstić information content (AvgIpc) is 2.75. The van der Waals surface area contributed by atoms with Crippen LogP contribution in [0.15, 0.2) is 28.3 Å². The van der Waals surface area contributed by atoms with Crippen LogP contribution in [-0.4, -0.2) is 41.2 Å². The average molecular weight is 290 g/mol. The van der Waals surface area contributed by atoms with E-state index in [-0.39, 0.29) is 23.5 Å². The van der Waals surface area contributed by atoms with Gasteiger partial charge < -0.3 is 15.2 Å². The summed E-state index contributed by atoms with van der Waals surface area (Å²) in [5, 5.41) is 12.7. The molecule has 1 aliphatic heterocycles. The number of hydrogen-bond donors (Lipinski definition) is 2. The van der Waals surface area contributed by atoms with Gasteiger partial charge in [-0.15, -0.1) is 0 Å². The Morgan fingerprint density at radius 3 is 2.90 bits per heavy atom. The standard InChI is InChI=1S/C16H22N2O3/c1-16(2,3)21-8-14-17-12-6-9-4-5-13(19)10(9)7-11(12)15(20)18-14/h6-7,11-13,19H,4-5,8H2,1-3H3,(H,17,18,20)/t11?,12?,13-/m1/s1. The van der Waals surface area contributed by atoms with Crippen LogP contribution >= 0.6 is 0 Å². The van der Waals surface area contributed by atoms with Crippen molar-refractivity contribution in [2.45, 2.75) is 51.4 Å². The minimum atomic E-state index is -0.431. The van der Waals surface area contributed by atoms with Crippen LogP contribution in [0.3, 0.4) is 0 Å². The van der Waals surface area contributed by atoms with Gasteiger partial charge in [0.05, 0.1) is 23.7 Å². The molecule has 0 saturated heterocycles. The van der Waals surface area contributed by atoms with Gasteiger partial charge in [-0.2, -0.15) is 0 Å². The van der Waals surface area contributed by atoms with Gasteiger partial charge in [-0.1, -0.05) is 12.2 Å². The summed E-state index contributed by atoms with van der Waals surface area (Å²) < 4.78 is 5.68. The van der Waals surface area contributed by atoms with E-state index in [2.05, 4.69) is 10.3 Å². The van der Waals surface area contributed by atoms with Crippen molar-refractivity contribution in [3.8, 4) is 0 Å². The second-order valence-corrected chi connectivity index (χ2v) is 6.85. The topological polar surface area (TPSA) is 70.9 Å². The zero-order valence-electron chi connectivity index (χ0n) is 12.7. The fourth-order valence-electron chi connectivity index (χ4n) is 2.95. The molecule has 1 saturated carbocycles. The molecule has 1 amide bonds. The number of hydrogen-bond acceptors (Lipinski definition) is 4. The van der Waals surface area contributed by atoms with E-state index in [9.17, 15) is 9.90 Å². The van der Waals surface area contributed by atoms with E-state index >= 15 is 0 Å². The van der Waals surface area contributed by atoms with Crippen molar-refractivity contribution in [3.63, 3.8) is 0 Å². The number of fused-ring (bicyclic) bond motifs is 2. The third-order valence-corrected chi connectivity index (χ3v) is 4.03. The molecule has 5 heteroatoms. The van der Waals surface area contributed by atoms with Crippen LogP contribution in [0.4, 0.5) is 0 Å². The molecule has 3 aliphatic rings. The number of carbonyl (C=O) groups is 1. The number of amides is 1. The molecule has 2 N–H and O–H groups in total. The fourth-order valence-corrected chi connectivity index (χ4v) is 2.95. The lowest BCUT2D eigenvalue weighted by molar-refractivity contribution is -0.123. The Morgan fingerprint density at radius 1 is 1.43 bits per heavy atom. The van der Waals surface area contributed by atoms with Crippen LogP contribution in [-0.2, 0) is 9.53 Å². The summed E-state index contributed by atoms with van der Waals surface area (Å²) in [7, 11) is 0. The highest BCUT2D eigenvalue weighted by Crippen LogP contribution is 2.37. The Hall–Kier alpha value is -1.46. The maximum Gasteiger partial charge on any atom is 0.234 e. The molecule has 3 atom stereocenters. The van der Waals surface area contributed by atoms with Gasteiger partial charge in [0.25, 0.3) is 0 Å². The summed E-state index contributed by atoms with van der Waals surface area (Å²) >= 11 is 0. The maximum absolute atomic E-state index is 12.3. The Balaban J connectivity index is 1.80. The van der Waals surface area contributed by atoms with E-state index in [4.69, 9.17) is 4.74 Å². The van der Waals surface area contributed by atoms with Crippen molar-refractivity contribution < 1.29 is 14.6 Å². The van der Waals surface area contributed by atoms with E-state index in [0.29, 0.717) is 12.4 Å². The molecule has 114 valence electrons. The predicted octanol–water partition coefficient (Wildman–Crippen LogP) is 1.34. The molecular formula is C16H22N2O3. The number of aliphatic imine (C=N–C) groups is 1. The van der Waals surface area contributed by atoms with E-state index in [1.54, 1.807) is 0 Å². The van der Waals surface area contributed by atoms with Crippen molar-refractivity contribution >= 4 is 11.7 Å². The SMILES string of the molecule is CC(C)(C)OCC1=NC2C=C3CC[C@@H](O)C3=CC2C(=O)N1. The number of aliphatic hydroxyl groups excluding tert-OH is 1. The first-order valence-corrected chi connectivity index (χ1v) is 7.46. The number of nitrogens with one attached hydrogen (secondary N) is 1. The maximum atomic E-state index is 12.3. The van der Waals surface area contributed by atoms with Crippen LogP contribution in [0, 0.1) is 5.92 Å². The number of amidine groups is 1. The third-order valence-electron chi connectivity index (χ3n) is 4.03. The predicted molar refractivity (Wildman–Crippen MR) is 80.0 cm³/mol. The van der Waals surface area contributed by atoms with Crippen LogP contribution < -0.4 is 5.32 Å². The molecule has 0 bridgehead atoms. The van der Waals surface area contributed by atoms with E-state index in [0.717, 1.165) is 24.0 Å². The van der Waals surface area contributed by atoms with Crippen LogP contribution in [0.2, 0.25) is 0 Å². The third kappa shape index (κ3) is 2.94. The van der Waals surface area contributed by atoms with Crippen LogP contribution in [0.1, 0.15) is 33.6 Å². The number of carbonyl (C=O) groups excluding carboxylic acids is 1. The molecule has 3 rings (SSSR count). The van der Waals surface area contributed by atoms with Crippen molar-refractivity contribution in [1.82, 2.24) is 5.32 Å². The highest BCUT2D eigenvalue weighted by Gasteiger charge is 2.37. The number of ether oxygens (including phenoxy) is 1. The summed E-state index contributed by atoms with van der Waals surface area (Å²) in [5.41, 5.74) is 1.78. The van der Waals surface area contributed by atoms with Crippen LogP contribution in [0.5, 0.6) is 0 Å². The first-order chi connectivity index (χ1) is 9.83. The molecular weight excluding hydrogens is 268 g/mol. The number of aliphatic hydroxyl groups is 1. The van der Waals surface area contributed by atoms with E-state index < -0.39 is 6.10 Å². The Bertz CT molecular complexity index is 554. The van der Waals surface area contributed by atoms with Gasteiger partial charge in [0.1, 0.15) is 12.4 Å². The summed E-state index contributed by atoms with van der Waals surface area (Å²) in [6, 6.07) is -0.165. The molecule has 1 heterocycles. The first kappa shape index (κ1) is 14.5. The Kier molecular flexibility index (Phi) is 3.50. The van der Waals surface area contributed by atoms with Gasteiger partial charge in [-0.25, -0.2) is 0 Å². The van der Waals surface area contributed by atoms with Gasteiger partial charge in [-0.05, 0) is 44.8 Å². The fraction of sp³-hybridized carbons (Fsp3) is 0.625. The zero-order valence-corrected chi connectivity index (χ0v) is 12.7. The number of rotatable bonds is 2. The molecule has 0 aromatic heterocycles. The van der Waals surface area contributed by atoms with Gasteiger partial charge >= 0.3 is 0 Å². The molecule has 0 radical (unpaired) electrons. The van der Waals surface area contributed by atoms with Crippen molar-refractivity contribution in [1.29, 1.82) is 0 Å². The van der Waals surface area contributed by atoms with Crippen LogP contribution in [0.25, 0.3) is 0 Å². The van der Waals surface area contributed by atoms with Gasteiger partial charge in [0.2, 0.25) is 5.91 Å². The second kappa shape index (κ2) is 5.07. The Labute approximate surface area is 124 Å². The van der Waals surface area contributed by atoms with Gasteiger partial charge in [-0.3, -0.25) is 9.79 Å². The van der Waals surface area contributed by atoms with Crippen molar-refractivity contribution in [2.24, 2.45) is 10.9 Å². The molecule has 0 spiro atoms. The van der Waals surface area contributed by atoms with E-state index in [1.807, 2.05) is 32.9 Å². The lowest BCUT2D eigenvalue weighted by atomic mass is 9.86. The highest BCUT2D eigenvalue weighted by molar-refractivity contribution is 6.03. The molecule has 1 fully saturated rings. The lowest BCUT2D eigenvalue weighted by Gasteiger charge is -2.30. The molecule has 2 unspecified atom stereocenters. The quantitative estimate of drug-likeness (QED) is 0.806. The largest absolute Gasteiger partial charge is 0.388 e. The summed E-state index contributed by atoms with van der Waals surface area (Å²) in [4.78, 5) is 16.9. The first-order valence-electron chi connectivity index (χ1n) is 7.46. The zero-order chi connectivity index (χ0) is 15.2.